The average molecular weight is 363 g/mol. The molecule has 7 heteroatoms. The van der Waals surface area contributed by atoms with Gasteiger partial charge < -0.3 is 4.90 Å². The maximum Gasteiger partial charge on any atom is 0.253 e. The molecule has 1 aliphatic carbocycles. The van der Waals surface area contributed by atoms with Crippen LogP contribution in [-0.4, -0.2) is 44.9 Å². The van der Waals surface area contributed by atoms with Crippen LogP contribution in [0.2, 0.25) is 0 Å². The van der Waals surface area contributed by atoms with Crippen LogP contribution in [0.3, 0.4) is 0 Å². The van der Waals surface area contributed by atoms with Crippen molar-refractivity contribution >= 4 is 23.4 Å². The van der Waals surface area contributed by atoms with Gasteiger partial charge in [-0.15, -0.1) is 5.10 Å². The number of nitrogens with zero attached hydrogens (tertiary/aromatic N) is 4. The summed E-state index contributed by atoms with van der Waals surface area (Å²) in [6.45, 7) is 2.60. The topological polar surface area (TPSA) is 79.6 Å². The zero-order valence-corrected chi connectivity index (χ0v) is 15.3. The zero-order valence-electron chi connectivity index (χ0n) is 15.3. The van der Waals surface area contributed by atoms with Crippen LogP contribution in [0.15, 0.2) is 42.6 Å². The van der Waals surface area contributed by atoms with Gasteiger partial charge in [-0.1, -0.05) is 12.1 Å². The summed E-state index contributed by atoms with van der Waals surface area (Å²) in [7, 11) is 1.78. The van der Waals surface area contributed by atoms with Gasteiger partial charge in [-0.2, -0.15) is 4.98 Å². The van der Waals surface area contributed by atoms with Gasteiger partial charge in [0.1, 0.15) is 0 Å². The fraction of sp³-hybridized carbons (Fsp3) is 0.300. The molecule has 1 aromatic carbocycles. The first-order chi connectivity index (χ1) is 13.1. The van der Waals surface area contributed by atoms with Gasteiger partial charge in [-0.05, 0) is 49.6 Å². The quantitative estimate of drug-likeness (QED) is 0.756. The normalized spacial score (nSPS) is 13.6. The summed E-state index contributed by atoms with van der Waals surface area (Å²) < 4.78 is 1.65. The Balaban J connectivity index is 1.63. The summed E-state index contributed by atoms with van der Waals surface area (Å²) in [6, 6.07) is 11.3. The highest BCUT2D eigenvalue weighted by molar-refractivity contribution is 5.95. The van der Waals surface area contributed by atoms with Crippen LogP contribution in [-0.2, 0) is 4.79 Å². The highest BCUT2D eigenvalue weighted by Crippen LogP contribution is 2.30. The average Bonchev–Trinajstić information content (AvgIpc) is 3.47. The number of hydrogen-bond donors (Lipinski definition) is 1. The Morgan fingerprint density at radius 3 is 2.63 bits per heavy atom. The Bertz CT molecular complexity index is 1000. The monoisotopic (exact) mass is 363 g/mol. The molecule has 2 amide bonds. The van der Waals surface area contributed by atoms with Gasteiger partial charge in [0, 0.05) is 36.8 Å². The van der Waals surface area contributed by atoms with E-state index in [4.69, 9.17) is 0 Å². The van der Waals surface area contributed by atoms with Gasteiger partial charge in [0.05, 0.1) is 0 Å². The van der Waals surface area contributed by atoms with E-state index >= 15 is 0 Å². The third-order valence-corrected chi connectivity index (χ3v) is 4.81. The van der Waals surface area contributed by atoms with Gasteiger partial charge in [0.25, 0.3) is 5.91 Å². The fourth-order valence-electron chi connectivity index (χ4n) is 2.90. The number of anilines is 1. The van der Waals surface area contributed by atoms with Gasteiger partial charge in [0.15, 0.2) is 5.65 Å². The molecule has 1 saturated carbocycles. The molecule has 27 heavy (non-hydrogen) atoms. The van der Waals surface area contributed by atoms with Crippen LogP contribution in [0.1, 0.15) is 30.1 Å². The van der Waals surface area contributed by atoms with Gasteiger partial charge in [-0.25, -0.2) is 4.52 Å². The van der Waals surface area contributed by atoms with Crippen molar-refractivity contribution in [3.8, 4) is 11.1 Å². The van der Waals surface area contributed by atoms with E-state index in [0.717, 1.165) is 24.0 Å². The first-order valence-electron chi connectivity index (χ1n) is 9.09. The maximum absolute atomic E-state index is 12.3. The molecule has 1 N–H and O–H groups in total. The van der Waals surface area contributed by atoms with E-state index < -0.39 is 0 Å². The first-order valence-corrected chi connectivity index (χ1v) is 9.09. The molecule has 0 spiro atoms. The van der Waals surface area contributed by atoms with E-state index in [0.29, 0.717) is 23.7 Å². The molecule has 0 unspecified atom stereocenters. The van der Waals surface area contributed by atoms with Crippen molar-refractivity contribution in [2.24, 2.45) is 5.92 Å². The molecule has 0 saturated heterocycles. The minimum atomic E-state index is -0.0182. The van der Waals surface area contributed by atoms with Gasteiger partial charge in [0.2, 0.25) is 11.9 Å². The second-order valence-electron chi connectivity index (χ2n) is 6.79. The lowest BCUT2D eigenvalue weighted by Gasteiger charge is -2.14. The van der Waals surface area contributed by atoms with Crippen LogP contribution in [0, 0.1) is 5.92 Å². The molecule has 0 aliphatic heterocycles. The number of carbonyl (C=O) groups excluding carboxylic acids is 2. The van der Waals surface area contributed by atoms with E-state index in [9.17, 15) is 9.59 Å². The second-order valence-corrected chi connectivity index (χ2v) is 6.79. The molecular formula is C20H21N5O2. The van der Waals surface area contributed by atoms with E-state index in [1.165, 1.54) is 0 Å². The number of benzene rings is 1. The van der Waals surface area contributed by atoms with E-state index in [1.54, 1.807) is 22.7 Å². The fourth-order valence-corrected chi connectivity index (χ4v) is 2.90. The second kappa shape index (κ2) is 6.83. The maximum atomic E-state index is 12.3. The Labute approximate surface area is 157 Å². The lowest BCUT2D eigenvalue weighted by molar-refractivity contribution is -0.117. The van der Waals surface area contributed by atoms with Crippen molar-refractivity contribution in [3.05, 3.63) is 48.2 Å². The third kappa shape index (κ3) is 3.40. The standard InChI is InChI=1S/C20H21N5O2/c1-3-24(2)19(27)15-10-6-13(7-11-15)16-5-4-12-25-17(16)21-20(23-25)22-18(26)14-8-9-14/h4-7,10-12,14H,3,8-9H2,1-2H3,(H,22,23,26). The lowest BCUT2D eigenvalue weighted by Crippen LogP contribution is -2.26. The van der Waals surface area contributed by atoms with Crippen LogP contribution in [0.4, 0.5) is 5.95 Å². The minimum Gasteiger partial charge on any atom is -0.342 e. The number of carbonyl (C=O) groups is 2. The van der Waals surface area contributed by atoms with E-state index in [-0.39, 0.29) is 17.7 Å². The van der Waals surface area contributed by atoms with Crippen LogP contribution < -0.4 is 5.32 Å². The summed E-state index contributed by atoms with van der Waals surface area (Å²) in [5.74, 6) is 0.392. The number of amides is 2. The van der Waals surface area contributed by atoms with E-state index in [1.807, 2.05) is 43.3 Å². The predicted molar refractivity (Wildman–Crippen MR) is 102 cm³/mol. The van der Waals surface area contributed by atoms with Crippen molar-refractivity contribution in [2.45, 2.75) is 19.8 Å². The Morgan fingerprint density at radius 2 is 1.96 bits per heavy atom. The summed E-state index contributed by atoms with van der Waals surface area (Å²) in [5.41, 5.74) is 3.13. The highest BCUT2D eigenvalue weighted by Gasteiger charge is 2.30. The minimum absolute atomic E-state index is 0.00480. The number of nitrogens with one attached hydrogen (secondary N) is 1. The molecule has 138 valence electrons. The molecule has 0 radical (unpaired) electrons. The molecule has 1 aliphatic rings. The summed E-state index contributed by atoms with van der Waals surface area (Å²) in [6.07, 6.45) is 3.66. The lowest BCUT2D eigenvalue weighted by atomic mass is 10.0. The number of hydrogen-bond acceptors (Lipinski definition) is 4. The van der Waals surface area contributed by atoms with Crippen molar-refractivity contribution in [1.82, 2.24) is 19.5 Å². The Morgan fingerprint density at radius 1 is 1.22 bits per heavy atom. The molecule has 2 aromatic heterocycles. The van der Waals surface area contributed by atoms with Crippen molar-refractivity contribution in [2.75, 3.05) is 18.9 Å². The molecular weight excluding hydrogens is 342 g/mol. The molecule has 7 nitrogen and oxygen atoms in total. The first kappa shape index (κ1) is 17.2. The molecule has 1 fully saturated rings. The number of aromatic nitrogens is 3. The molecule has 3 aromatic rings. The molecule has 0 bridgehead atoms. The Kier molecular flexibility index (Phi) is 4.35. The SMILES string of the molecule is CCN(C)C(=O)c1ccc(-c2cccn3nc(NC(=O)C4CC4)nc23)cc1. The molecule has 4 rings (SSSR count). The summed E-state index contributed by atoms with van der Waals surface area (Å²) >= 11 is 0. The highest BCUT2D eigenvalue weighted by atomic mass is 16.2. The van der Waals surface area contributed by atoms with Crippen LogP contribution in [0.5, 0.6) is 0 Å². The molecule has 0 atom stereocenters. The van der Waals surface area contributed by atoms with Crippen LogP contribution in [0.25, 0.3) is 16.8 Å². The Hall–Kier alpha value is -3.22. The predicted octanol–water partition coefficient (Wildman–Crippen LogP) is 2.84. The zero-order chi connectivity index (χ0) is 19.0. The third-order valence-electron chi connectivity index (χ3n) is 4.81. The number of fused-ring (bicyclic) bond motifs is 1. The smallest absolute Gasteiger partial charge is 0.253 e. The molecule has 2 heterocycles. The summed E-state index contributed by atoms with van der Waals surface area (Å²) in [4.78, 5) is 30.4. The number of rotatable bonds is 5. The number of pyridine rings is 1. The van der Waals surface area contributed by atoms with Crippen molar-refractivity contribution < 1.29 is 9.59 Å². The summed E-state index contributed by atoms with van der Waals surface area (Å²) in [5, 5.41) is 7.12. The van der Waals surface area contributed by atoms with E-state index in [2.05, 4.69) is 15.4 Å². The van der Waals surface area contributed by atoms with Crippen molar-refractivity contribution in [3.63, 3.8) is 0 Å². The van der Waals surface area contributed by atoms with Gasteiger partial charge in [-0.3, -0.25) is 14.9 Å². The van der Waals surface area contributed by atoms with Gasteiger partial charge >= 0.3 is 0 Å². The van der Waals surface area contributed by atoms with Crippen molar-refractivity contribution in [1.29, 1.82) is 0 Å². The van der Waals surface area contributed by atoms with Crippen LogP contribution >= 0.6 is 0 Å². The largest absolute Gasteiger partial charge is 0.342 e.